The zero-order valence-corrected chi connectivity index (χ0v) is 14.5. The molecule has 1 N–H and O–H groups in total. The van der Waals surface area contributed by atoms with Crippen molar-refractivity contribution in [3.05, 3.63) is 83.3 Å². The molecule has 3 aromatic rings. The summed E-state index contributed by atoms with van der Waals surface area (Å²) in [5, 5.41) is 3.12. The average Bonchev–Trinajstić information content (AvgIpc) is 3.03. The molecule has 0 radical (unpaired) electrons. The summed E-state index contributed by atoms with van der Waals surface area (Å²) < 4.78 is 30.2. The van der Waals surface area contributed by atoms with Gasteiger partial charge in [0.25, 0.3) is 5.91 Å². The van der Waals surface area contributed by atoms with Gasteiger partial charge in [-0.2, -0.15) is 0 Å². The Morgan fingerprint density at radius 2 is 1.80 bits per heavy atom. The van der Waals surface area contributed by atoms with Gasteiger partial charge in [0.2, 0.25) is 0 Å². The Morgan fingerprint density at radius 3 is 2.52 bits per heavy atom. The highest BCUT2D eigenvalue weighted by atomic mass is 35.5. The molecule has 0 spiro atoms. The highest BCUT2D eigenvalue weighted by molar-refractivity contribution is 7.90. The summed E-state index contributed by atoms with van der Waals surface area (Å²) in [7, 11) is -3.58. The van der Waals surface area contributed by atoms with Crippen molar-refractivity contribution < 1.29 is 17.6 Å². The highest BCUT2D eigenvalue weighted by Gasteiger charge is 2.22. The summed E-state index contributed by atoms with van der Waals surface area (Å²) in [6, 6.07) is 16.2. The zero-order valence-electron chi connectivity index (χ0n) is 13.0. The van der Waals surface area contributed by atoms with Crippen LogP contribution in [0.2, 0.25) is 5.02 Å². The molecule has 0 bridgehead atoms. The molecule has 25 heavy (non-hydrogen) atoms. The predicted octanol–water partition coefficient (Wildman–Crippen LogP) is 4.16. The molecule has 2 aromatic carbocycles. The largest absolute Gasteiger partial charge is 0.459 e. The van der Waals surface area contributed by atoms with Gasteiger partial charge >= 0.3 is 0 Å². The maximum atomic E-state index is 12.5. The van der Waals surface area contributed by atoms with E-state index in [9.17, 15) is 13.2 Å². The minimum Gasteiger partial charge on any atom is -0.459 e. The van der Waals surface area contributed by atoms with E-state index in [2.05, 4.69) is 5.32 Å². The molecular weight excluding hydrogens is 362 g/mol. The number of carbonyl (C=O) groups excluding carboxylic acids is 1. The average molecular weight is 376 g/mol. The van der Waals surface area contributed by atoms with Crippen LogP contribution in [0.1, 0.15) is 16.1 Å². The molecule has 128 valence electrons. The van der Waals surface area contributed by atoms with Crippen molar-refractivity contribution in [1.29, 1.82) is 0 Å². The maximum absolute atomic E-state index is 12.5. The summed E-state index contributed by atoms with van der Waals surface area (Å²) in [6.07, 6.45) is 1.29. The van der Waals surface area contributed by atoms with E-state index in [-0.39, 0.29) is 16.4 Å². The lowest BCUT2D eigenvalue weighted by Gasteiger charge is -2.07. The number of amides is 1. The Balaban J connectivity index is 1.82. The second-order valence-electron chi connectivity index (χ2n) is 5.31. The monoisotopic (exact) mass is 375 g/mol. The number of hydrogen-bond donors (Lipinski definition) is 1. The molecule has 0 saturated carbocycles. The van der Waals surface area contributed by atoms with Crippen LogP contribution in [0.25, 0.3) is 0 Å². The van der Waals surface area contributed by atoms with Gasteiger partial charge in [-0.15, -0.1) is 0 Å². The minimum atomic E-state index is -3.58. The normalized spacial score (nSPS) is 11.2. The number of anilines is 1. The van der Waals surface area contributed by atoms with Crippen molar-refractivity contribution in [2.45, 2.75) is 10.6 Å². The van der Waals surface area contributed by atoms with Crippen molar-refractivity contribution in [3.63, 3.8) is 0 Å². The third-order valence-electron chi connectivity index (χ3n) is 3.48. The number of rotatable bonds is 5. The van der Waals surface area contributed by atoms with E-state index in [4.69, 9.17) is 16.0 Å². The molecule has 1 amide bonds. The third-order valence-corrected chi connectivity index (χ3v) is 5.40. The van der Waals surface area contributed by atoms with Gasteiger partial charge in [0, 0.05) is 16.3 Å². The minimum absolute atomic E-state index is 0.0421. The quantitative estimate of drug-likeness (QED) is 0.726. The summed E-state index contributed by atoms with van der Waals surface area (Å²) in [5.74, 6) is -0.906. The van der Waals surface area contributed by atoms with Crippen molar-refractivity contribution in [2.24, 2.45) is 0 Å². The SMILES string of the molecule is O=C(Nc1cccc(Cl)c1)c1occc1CS(=O)(=O)c1ccccc1. The fourth-order valence-electron chi connectivity index (χ4n) is 2.32. The molecule has 7 heteroatoms. The molecule has 1 aromatic heterocycles. The van der Waals surface area contributed by atoms with E-state index in [0.29, 0.717) is 16.3 Å². The molecule has 0 atom stereocenters. The van der Waals surface area contributed by atoms with E-state index < -0.39 is 15.7 Å². The smallest absolute Gasteiger partial charge is 0.291 e. The molecule has 0 saturated heterocycles. The first kappa shape index (κ1) is 17.3. The third kappa shape index (κ3) is 4.10. The van der Waals surface area contributed by atoms with Crippen LogP contribution < -0.4 is 5.32 Å². The van der Waals surface area contributed by atoms with Gasteiger partial charge in [0.05, 0.1) is 16.9 Å². The summed E-state index contributed by atoms with van der Waals surface area (Å²) in [4.78, 5) is 12.6. The van der Waals surface area contributed by atoms with Crippen LogP contribution in [0, 0.1) is 0 Å². The molecule has 0 unspecified atom stereocenters. The number of nitrogens with one attached hydrogen (secondary N) is 1. The van der Waals surface area contributed by atoms with Crippen molar-refractivity contribution >= 4 is 33.0 Å². The van der Waals surface area contributed by atoms with Crippen LogP contribution >= 0.6 is 11.6 Å². The summed E-state index contributed by atoms with van der Waals surface area (Å²) in [6.45, 7) is 0. The van der Waals surface area contributed by atoms with E-state index >= 15 is 0 Å². The summed E-state index contributed by atoms with van der Waals surface area (Å²) >= 11 is 5.89. The Hall–Kier alpha value is -2.57. The van der Waals surface area contributed by atoms with Crippen LogP contribution in [-0.4, -0.2) is 14.3 Å². The van der Waals surface area contributed by atoms with Gasteiger partial charge in [-0.3, -0.25) is 4.79 Å². The van der Waals surface area contributed by atoms with E-state index in [1.54, 1.807) is 42.5 Å². The number of benzene rings is 2. The van der Waals surface area contributed by atoms with Crippen LogP contribution in [-0.2, 0) is 15.6 Å². The lowest BCUT2D eigenvalue weighted by atomic mass is 10.2. The van der Waals surface area contributed by atoms with Gasteiger partial charge < -0.3 is 9.73 Å². The number of hydrogen-bond acceptors (Lipinski definition) is 4. The van der Waals surface area contributed by atoms with Gasteiger partial charge in [0.15, 0.2) is 15.6 Å². The van der Waals surface area contributed by atoms with Crippen LogP contribution in [0.15, 0.2) is 76.2 Å². The molecular formula is C18H14ClNO4S. The van der Waals surface area contributed by atoms with Crippen molar-refractivity contribution in [2.75, 3.05) is 5.32 Å². The number of furan rings is 1. The Labute approximate surface area is 150 Å². The summed E-state index contributed by atoms with van der Waals surface area (Å²) in [5.41, 5.74) is 0.786. The molecule has 5 nitrogen and oxygen atoms in total. The topological polar surface area (TPSA) is 76.4 Å². The fraction of sp³-hybridized carbons (Fsp3) is 0.0556. The molecule has 0 aliphatic carbocycles. The fourth-order valence-corrected chi connectivity index (χ4v) is 3.88. The van der Waals surface area contributed by atoms with Crippen molar-refractivity contribution in [1.82, 2.24) is 0 Å². The number of halogens is 1. The first-order chi connectivity index (χ1) is 12.0. The molecule has 1 heterocycles. The predicted molar refractivity (Wildman–Crippen MR) is 95.4 cm³/mol. The Morgan fingerprint density at radius 1 is 1.04 bits per heavy atom. The number of carbonyl (C=O) groups is 1. The second kappa shape index (κ2) is 7.13. The van der Waals surface area contributed by atoms with E-state index in [1.165, 1.54) is 24.5 Å². The molecule has 3 rings (SSSR count). The first-order valence-corrected chi connectivity index (χ1v) is 9.40. The lowest BCUT2D eigenvalue weighted by Crippen LogP contribution is -2.14. The maximum Gasteiger partial charge on any atom is 0.291 e. The first-order valence-electron chi connectivity index (χ1n) is 7.37. The van der Waals surface area contributed by atoms with E-state index in [0.717, 1.165) is 0 Å². The second-order valence-corrected chi connectivity index (χ2v) is 7.74. The van der Waals surface area contributed by atoms with Crippen LogP contribution in [0.4, 0.5) is 5.69 Å². The Kier molecular flexibility index (Phi) is 4.92. The van der Waals surface area contributed by atoms with Gasteiger partial charge in [-0.05, 0) is 36.4 Å². The Bertz CT molecular complexity index is 997. The van der Waals surface area contributed by atoms with Crippen LogP contribution in [0.5, 0.6) is 0 Å². The standard InChI is InChI=1S/C18H14ClNO4S/c19-14-5-4-6-15(11-14)20-18(21)17-13(9-10-24-17)12-25(22,23)16-7-2-1-3-8-16/h1-11H,12H2,(H,20,21). The molecule has 0 fully saturated rings. The van der Waals surface area contributed by atoms with E-state index in [1.807, 2.05) is 0 Å². The van der Waals surface area contributed by atoms with Gasteiger partial charge in [-0.25, -0.2) is 8.42 Å². The number of sulfone groups is 1. The molecule has 0 aliphatic heterocycles. The van der Waals surface area contributed by atoms with Crippen molar-refractivity contribution in [3.8, 4) is 0 Å². The van der Waals surface area contributed by atoms with Crippen LogP contribution in [0.3, 0.4) is 0 Å². The molecule has 0 aliphatic rings. The zero-order chi connectivity index (χ0) is 17.9. The van der Waals surface area contributed by atoms with Gasteiger partial charge in [-0.1, -0.05) is 35.9 Å². The highest BCUT2D eigenvalue weighted by Crippen LogP contribution is 2.21. The van der Waals surface area contributed by atoms with Gasteiger partial charge in [0.1, 0.15) is 0 Å². The lowest BCUT2D eigenvalue weighted by molar-refractivity contribution is 0.0996.